The highest BCUT2D eigenvalue weighted by molar-refractivity contribution is 6.34. The number of halogens is 2. The van der Waals surface area contributed by atoms with Crippen molar-refractivity contribution in [2.75, 3.05) is 5.32 Å². The second kappa shape index (κ2) is 5.11. The molecule has 3 aromatic rings. The Hall–Kier alpha value is -2.11. The van der Waals surface area contributed by atoms with Crippen LogP contribution in [0.5, 0.6) is 0 Å². The molecular formula is C13H7Cl2N3O2. The zero-order valence-corrected chi connectivity index (χ0v) is 11.4. The Labute approximate surface area is 123 Å². The molecule has 0 saturated heterocycles. The monoisotopic (exact) mass is 307 g/mol. The van der Waals surface area contributed by atoms with E-state index in [-0.39, 0.29) is 21.8 Å². The first kappa shape index (κ1) is 12.9. The van der Waals surface area contributed by atoms with Crippen LogP contribution in [-0.2, 0) is 0 Å². The number of hydrogen-bond donors (Lipinski definition) is 1. The summed E-state index contributed by atoms with van der Waals surface area (Å²) in [6.07, 6.45) is 1.32. The lowest BCUT2D eigenvalue weighted by molar-refractivity contribution is 0.102. The van der Waals surface area contributed by atoms with Crippen molar-refractivity contribution in [3.63, 3.8) is 0 Å². The first-order valence-electron chi connectivity index (χ1n) is 5.62. The fraction of sp³-hybridized carbons (Fsp3) is 0. The summed E-state index contributed by atoms with van der Waals surface area (Å²) in [5.41, 5.74) is 1.49. The summed E-state index contributed by atoms with van der Waals surface area (Å²) in [5, 5.41) is 2.67. The number of nitrogens with zero attached hydrogens (tertiary/aromatic N) is 2. The molecule has 0 aliphatic heterocycles. The van der Waals surface area contributed by atoms with Gasteiger partial charge in [-0.1, -0.05) is 23.7 Å². The molecule has 3 rings (SSSR count). The third kappa shape index (κ3) is 2.33. The Bertz CT molecular complexity index is 801. The number of hydrogen-bond acceptors (Lipinski definition) is 4. The van der Waals surface area contributed by atoms with Crippen LogP contribution in [0.25, 0.3) is 11.0 Å². The van der Waals surface area contributed by atoms with Gasteiger partial charge in [-0.25, -0.2) is 9.97 Å². The van der Waals surface area contributed by atoms with E-state index in [4.69, 9.17) is 27.6 Å². The van der Waals surface area contributed by atoms with E-state index in [1.807, 2.05) is 12.1 Å². The summed E-state index contributed by atoms with van der Waals surface area (Å²) in [6, 6.07) is 8.67. The average Bonchev–Trinajstić information content (AvgIpc) is 2.86. The number of para-hydroxylation sites is 2. The van der Waals surface area contributed by atoms with Crippen LogP contribution >= 0.6 is 23.2 Å². The number of nitrogens with one attached hydrogen (secondary N) is 1. The summed E-state index contributed by atoms with van der Waals surface area (Å²) in [4.78, 5) is 20.4. The summed E-state index contributed by atoms with van der Waals surface area (Å²) in [7, 11) is 0. The van der Waals surface area contributed by atoms with Gasteiger partial charge >= 0.3 is 0 Å². The molecule has 0 fully saturated rings. The van der Waals surface area contributed by atoms with Crippen molar-refractivity contribution in [2.45, 2.75) is 0 Å². The third-order valence-corrected chi connectivity index (χ3v) is 3.18. The molecule has 0 spiro atoms. The van der Waals surface area contributed by atoms with Gasteiger partial charge in [-0.05, 0) is 29.8 Å². The molecule has 0 saturated carbocycles. The van der Waals surface area contributed by atoms with Crippen molar-refractivity contribution in [3.05, 3.63) is 52.5 Å². The molecule has 100 valence electrons. The van der Waals surface area contributed by atoms with Gasteiger partial charge in [0, 0.05) is 0 Å². The number of furan rings is 1. The molecule has 5 nitrogen and oxygen atoms in total. The van der Waals surface area contributed by atoms with Crippen LogP contribution < -0.4 is 5.32 Å². The number of carbonyl (C=O) groups excluding carboxylic acids is 1. The van der Waals surface area contributed by atoms with Gasteiger partial charge in [0.15, 0.2) is 11.0 Å². The first-order chi connectivity index (χ1) is 9.65. The van der Waals surface area contributed by atoms with Crippen molar-refractivity contribution in [3.8, 4) is 0 Å². The Morgan fingerprint density at radius 2 is 1.80 bits per heavy atom. The molecule has 1 aromatic carbocycles. The van der Waals surface area contributed by atoms with Crippen LogP contribution in [0.4, 0.5) is 5.82 Å². The van der Waals surface area contributed by atoms with E-state index in [0.29, 0.717) is 11.0 Å². The van der Waals surface area contributed by atoms with Crippen LogP contribution in [0.2, 0.25) is 10.4 Å². The molecule has 2 heterocycles. The van der Waals surface area contributed by atoms with Crippen molar-refractivity contribution in [1.82, 2.24) is 9.97 Å². The van der Waals surface area contributed by atoms with Gasteiger partial charge in [0.2, 0.25) is 5.22 Å². The molecule has 2 aromatic heterocycles. The first-order valence-corrected chi connectivity index (χ1v) is 6.37. The van der Waals surface area contributed by atoms with Crippen molar-refractivity contribution in [2.24, 2.45) is 0 Å². The summed E-state index contributed by atoms with van der Waals surface area (Å²) in [6.45, 7) is 0. The largest absolute Gasteiger partial charge is 0.452 e. The van der Waals surface area contributed by atoms with Crippen molar-refractivity contribution >= 4 is 46.0 Å². The van der Waals surface area contributed by atoms with Gasteiger partial charge < -0.3 is 9.73 Å². The Morgan fingerprint density at radius 1 is 1.10 bits per heavy atom. The Kier molecular flexibility index (Phi) is 3.30. The van der Waals surface area contributed by atoms with E-state index in [1.165, 1.54) is 12.3 Å². The normalized spacial score (nSPS) is 10.7. The maximum Gasteiger partial charge on any atom is 0.261 e. The van der Waals surface area contributed by atoms with E-state index in [9.17, 15) is 4.79 Å². The lowest BCUT2D eigenvalue weighted by Gasteiger charge is -2.06. The number of amides is 1. The second-order valence-corrected chi connectivity index (χ2v) is 4.62. The quantitative estimate of drug-likeness (QED) is 0.782. The van der Waals surface area contributed by atoms with Crippen LogP contribution in [-0.4, -0.2) is 15.9 Å². The van der Waals surface area contributed by atoms with E-state index >= 15 is 0 Å². The van der Waals surface area contributed by atoms with E-state index in [0.717, 1.165) is 0 Å². The molecule has 1 amide bonds. The third-order valence-electron chi connectivity index (χ3n) is 2.62. The zero-order chi connectivity index (χ0) is 14.1. The Morgan fingerprint density at radius 3 is 2.45 bits per heavy atom. The van der Waals surface area contributed by atoms with Gasteiger partial charge in [0.25, 0.3) is 5.91 Å². The number of fused-ring (bicyclic) bond motifs is 1. The highest BCUT2D eigenvalue weighted by Crippen LogP contribution is 2.23. The zero-order valence-electron chi connectivity index (χ0n) is 9.93. The molecular weight excluding hydrogens is 301 g/mol. The standard InChI is InChI=1S/C13H7Cl2N3O2/c14-10-12(17-9-4-2-1-3-8(9)16-10)18-13(19)7-5-6-20-11(7)15/h1-6H,(H,17,18,19). The van der Waals surface area contributed by atoms with Crippen molar-refractivity contribution < 1.29 is 9.21 Å². The maximum absolute atomic E-state index is 12.0. The number of rotatable bonds is 2. The van der Waals surface area contributed by atoms with Gasteiger partial charge in [-0.3, -0.25) is 4.79 Å². The molecule has 1 N–H and O–H groups in total. The topological polar surface area (TPSA) is 68.0 Å². The lowest BCUT2D eigenvalue weighted by Crippen LogP contribution is -2.13. The minimum atomic E-state index is -0.463. The predicted octanol–water partition coefficient (Wildman–Crippen LogP) is 3.78. The van der Waals surface area contributed by atoms with Gasteiger partial charge in [0.1, 0.15) is 0 Å². The van der Waals surface area contributed by atoms with E-state index < -0.39 is 5.91 Å². The molecule has 20 heavy (non-hydrogen) atoms. The van der Waals surface area contributed by atoms with Gasteiger partial charge in [-0.15, -0.1) is 0 Å². The SMILES string of the molecule is O=C(Nc1nc2ccccc2nc1Cl)c1ccoc1Cl. The fourth-order valence-corrected chi connectivity index (χ4v) is 2.07. The number of benzene rings is 1. The minimum absolute atomic E-state index is 0.00682. The smallest absolute Gasteiger partial charge is 0.261 e. The van der Waals surface area contributed by atoms with Gasteiger partial charge in [0.05, 0.1) is 22.9 Å². The molecule has 0 aliphatic carbocycles. The molecule has 0 aliphatic rings. The van der Waals surface area contributed by atoms with Crippen LogP contribution in [0, 0.1) is 0 Å². The molecule has 0 bridgehead atoms. The van der Waals surface area contributed by atoms with E-state index in [2.05, 4.69) is 15.3 Å². The minimum Gasteiger partial charge on any atom is -0.452 e. The average molecular weight is 308 g/mol. The van der Waals surface area contributed by atoms with Gasteiger partial charge in [-0.2, -0.15) is 0 Å². The highest BCUT2D eigenvalue weighted by atomic mass is 35.5. The Balaban J connectivity index is 1.96. The maximum atomic E-state index is 12.0. The number of carbonyl (C=O) groups is 1. The van der Waals surface area contributed by atoms with E-state index in [1.54, 1.807) is 12.1 Å². The summed E-state index contributed by atoms with van der Waals surface area (Å²) in [5.74, 6) is -0.289. The van der Waals surface area contributed by atoms with Crippen LogP contribution in [0.1, 0.15) is 10.4 Å². The summed E-state index contributed by atoms with van der Waals surface area (Å²) >= 11 is 11.7. The van der Waals surface area contributed by atoms with Crippen molar-refractivity contribution in [1.29, 1.82) is 0 Å². The fourth-order valence-electron chi connectivity index (χ4n) is 1.69. The highest BCUT2D eigenvalue weighted by Gasteiger charge is 2.16. The molecule has 7 heteroatoms. The predicted molar refractivity (Wildman–Crippen MR) is 76.2 cm³/mol. The van der Waals surface area contributed by atoms with Crippen LogP contribution in [0.15, 0.2) is 41.0 Å². The molecule has 0 unspecified atom stereocenters. The van der Waals surface area contributed by atoms with Crippen LogP contribution in [0.3, 0.4) is 0 Å². The lowest BCUT2D eigenvalue weighted by atomic mass is 10.3. The number of anilines is 1. The number of aromatic nitrogens is 2. The second-order valence-electron chi connectivity index (χ2n) is 3.91. The molecule has 0 radical (unpaired) electrons. The molecule has 0 atom stereocenters. The summed E-state index contributed by atoms with van der Waals surface area (Å²) < 4.78 is 4.86.